The Hall–Kier alpha value is -1.69. The van der Waals surface area contributed by atoms with Gasteiger partial charge in [0.2, 0.25) is 11.8 Å². The van der Waals surface area contributed by atoms with Crippen molar-refractivity contribution < 1.29 is 9.32 Å². The molecule has 2 aromatic rings. The molecule has 6 heteroatoms. The average molecular weight is 333 g/mol. The van der Waals surface area contributed by atoms with Gasteiger partial charge in [0.25, 0.3) is 0 Å². The van der Waals surface area contributed by atoms with Gasteiger partial charge >= 0.3 is 0 Å². The summed E-state index contributed by atoms with van der Waals surface area (Å²) in [5.74, 6) is 1.57. The number of rotatable bonds is 4. The lowest BCUT2D eigenvalue weighted by atomic mass is 9.96. The Bertz CT molecular complexity index is 684. The summed E-state index contributed by atoms with van der Waals surface area (Å²) in [5.41, 5.74) is 1.20. The van der Waals surface area contributed by atoms with Gasteiger partial charge in [-0.3, -0.25) is 4.79 Å². The van der Waals surface area contributed by atoms with Crippen molar-refractivity contribution in [1.82, 2.24) is 15.0 Å². The molecule has 0 aromatic carbocycles. The summed E-state index contributed by atoms with van der Waals surface area (Å²) in [5, 5.41) is 6.13. The van der Waals surface area contributed by atoms with Crippen LogP contribution in [0.5, 0.6) is 0 Å². The quantitative estimate of drug-likeness (QED) is 0.861. The van der Waals surface area contributed by atoms with E-state index in [0.717, 1.165) is 31.8 Å². The minimum Gasteiger partial charge on any atom is -0.339 e. The number of hydrogen-bond acceptors (Lipinski definition) is 5. The summed E-state index contributed by atoms with van der Waals surface area (Å²) in [4.78, 5) is 20.1. The van der Waals surface area contributed by atoms with Crippen molar-refractivity contribution in [3.8, 4) is 0 Å². The number of aromatic nitrogens is 2. The van der Waals surface area contributed by atoms with E-state index in [1.165, 1.54) is 10.4 Å². The second-order valence-electron chi connectivity index (χ2n) is 7.05. The van der Waals surface area contributed by atoms with Crippen LogP contribution in [0.2, 0.25) is 0 Å². The molecule has 0 unspecified atom stereocenters. The first-order chi connectivity index (χ1) is 10.9. The average Bonchev–Trinajstić information content (AvgIpc) is 3.14. The van der Waals surface area contributed by atoms with Crippen LogP contribution in [-0.2, 0) is 29.6 Å². The first kappa shape index (κ1) is 16.2. The first-order valence-electron chi connectivity index (χ1n) is 8.09. The highest BCUT2D eigenvalue weighted by Gasteiger charge is 2.22. The second-order valence-corrected chi connectivity index (χ2v) is 8.05. The van der Waals surface area contributed by atoms with E-state index in [-0.39, 0.29) is 11.3 Å². The van der Waals surface area contributed by atoms with Gasteiger partial charge in [-0.05, 0) is 29.9 Å². The molecule has 1 aliphatic heterocycles. The van der Waals surface area contributed by atoms with Gasteiger partial charge in [0, 0.05) is 36.2 Å². The fourth-order valence-electron chi connectivity index (χ4n) is 2.67. The molecule has 0 bridgehead atoms. The van der Waals surface area contributed by atoms with Gasteiger partial charge in [-0.15, -0.1) is 11.3 Å². The lowest BCUT2D eigenvalue weighted by Crippen LogP contribution is -2.35. The predicted molar refractivity (Wildman–Crippen MR) is 89.4 cm³/mol. The van der Waals surface area contributed by atoms with Crippen molar-refractivity contribution in [3.63, 3.8) is 0 Å². The monoisotopic (exact) mass is 333 g/mol. The van der Waals surface area contributed by atoms with Gasteiger partial charge in [-0.25, -0.2) is 0 Å². The molecule has 0 saturated carbocycles. The molecule has 124 valence electrons. The van der Waals surface area contributed by atoms with Crippen molar-refractivity contribution in [2.45, 2.75) is 58.4 Å². The lowest BCUT2D eigenvalue weighted by Gasteiger charge is -2.27. The molecule has 3 heterocycles. The number of nitrogens with zero attached hydrogens (tertiary/aromatic N) is 3. The Balaban J connectivity index is 1.47. The summed E-state index contributed by atoms with van der Waals surface area (Å²) in [6.45, 7) is 7.76. The summed E-state index contributed by atoms with van der Waals surface area (Å²) < 4.78 is 5.27. The van der Waals surface area contributed by atoms with E-state index >= 15 is 0 Å². The van der Waals surface area contributed by atoms with Crippen molar-refractivity contribution >= 4 is 17.2 Å². The van der Waals surface area contributed by atoms with Gasteiger partial charge in [-0.2, -0.15) is 4.98 Å². The summed E-state index contributed by atoms with van der Waals surface area (Å²) >= 11 is 1.79. The maximum absolute atomic E-state index is 12.3. The van der Waals surface area contributed by atoms with E-state index in [4.69, 9.17) is 4.52 Å². The largest absolute Gasteiger partial charge is 0.339 e. The number of fused-ring (bicyclic) bond motifs is 1. The van der Waals surface area contributed by atoms with Gasteiger partial charge in [-0.1, -0.05) is 25.9 Å². The molecule has 2 aromatic heterocycles. The van der Waals surface area contributed by atoms with Crippen LogP contribution in [0.15, 0.2) is 16.0 Å². The number of carbonyl (C=O) groups excluding carboxylic acids is 1. The lowest BCUT2D eigenvalue weighted by molar-refractivity contribution is -0.132. The van der Waals surface area contributed by atoms with Gasteiger partial charge in [0.1, 0.15) is 0 Å². The summed E-state index contributed by atoms with van der Waals surface area (Å²) in [6, 6.07) is 2.13. The van der Waals surface area contributed by atoms with Crippen molar-refractivity contribution in [2.24, 2.45) is 0 Å². The standard InChI is InChI=1S/C17H23N3O2S/c1-17(2,3)16-18-14(22-19-16)5-4-6-15(21)20-9-7-13-12(11-20)8-10-23-13/h8,10H,4-7,9,11H2,1-3H3. The Morgan fingerprint density at radius 1 is 1.43 bits per heavy atom. The number of aryl methyl sites for hydroxylation is 1. The highest BCUT2D eigenvalue weighted by atomic mass is 32.1. The van der Waals surface area contributed by atoms with Crippen LogP contribution in [0, 0.1) is 0 Å². The van der Waals surface area contributed by atoms with E-state index in [9.17, 15) is 4.79 Å². The molecule has 0 saturated heterocycles. The number of hydrogen-bond donors (Lipinski definition) is 0. The topological polar surface area (TPSA) is 59.2 Å². The van der Waals surface area contributed by atoms with Crippen LogP contribution in [0.25, 0.3) is 0 Å². The summed E-state index contributed by atoms with van der Waals surface area (Å²) in [7, 11) is 0. The Morgan fingerprint density at radius 3 is 3.00 bits per heavy atom. The third-order valence-corrected chi connectivity index (χ3v) is 5.10. The maximum Gasteiger partial charge on any atom is 0.226 e. The van der Waals surface area contributed by atoms with Crippen molar-refractivity contribution in [3.05, 3.63) is 33.6 Å². The van der Waals surface area contributed by atoms with Crippen molar-refractivity contribution in [2.75, 3.05) is 6.54 Å². The molecule has 0 atom stereocenters. The molecular weight excluding hydrogens is 310 g/mol. The van der Waals surface area contributed by atoms with Crippen LogP contribution in [0.4, 0.5) is 0 Å². The van der Waals surface area contributed by atoms with E-state index in [1.54, 1.807) is 11.3 Å². The second kappa shape index (κ2) is 6.43. The SMILES string of the molecule is CC(C)(C)c1noc(CCCC(=O)N2CCc3sccc3C2)n1. The molecule has 3 rings (SSSR count). The normalized spacial score (nSPS) is 14.8. The Morgan fingerprint density at radius 2 is 2.26 bits per heavy atom. The molecule has 0 N–H and O–H groups in total. The van der Waals surface area contributed by atoms with Crippen molar-refractivity contribution in [1.29, 1.82) is 0 Å². The molecular formula is C17H23N3O2S. The number of carbonyl (C=O) groups is 1. The number of thiophene rings is 1. The highest BCUT2D eigenvalue weighted by Crippen LogP contribution is 2.24. The third-order valence-electron chi connectivity index (χ3n) is 4.08. The van der Waals surface area contributed by atoms with E-state index in [2.05, 4.69) is 42.4 Å². The van der Waals surface area contributed by atoms with Crippen LogP contribution in [0.3, 0.4) is 0 Å². The zero-order chi connectivity index (χ0) is 16.4. The van der Waals surface area contributed by atoms with E-state index in [0.29, 0.717) is 18.7 Å². The summed E-state index contributed by atoms with van der Waals surface area (Å²) in [6.07, 6.45) is 2.92. The maximum atomic E-state index is 12.3. The van der Waals surface area contributed by atoms with Crippen LogP contribution >= 0.6 is 11.3 Å². The molecule has 0 radical (unpaired) electrons. The molecule has 0 fully saturated rings. The minimum atomic E-state index is -0.108. The van der Waals surface area contributed by atoms with Gasteiger partial charge in [0.15, 0.2) is 5.82 Å². The smallest absolute Gasteiger partial charge is 0.226 e. The van der Waals surface area contributed by atoms with Crippen LogP contribution in [0.1, 0.15) is 55.8 Å². The van der Waals surface area contributed by atoms with E-state index < -0.39 is 0 Å². The number of amides is 1. The zero-order valence-electron chi connectivity index (χ0n) is 14.0. The first-order valence-corrected chi connectivity index (χ1v) is 8.97. The molecule has 5 nitrogen and oxygen atoms in total. The van der Waals surface area contributed by atoms with Crippen LogP contribution < -0.4 is 0 Å². The Labute approximate surface area is 140 Å². The fourth-order valence-corrected chi connectivity index (χ4v) is 3.56. The zero-order valence-corrected chi connectivity index (χ0v) is 14.8. The Kier molecular flexibility index (Phi) is 4.53. The highest BCUT2D eigenvalue weighted by molar-refractivity contribution is 7.10. The molecule has 0 aliphatic carbocycles. The van der Waals surface area contributed by atoms with Crippen LogP contribution in [-0.4, -0.2) is 27.5 Å². The molecule has 23 heavy (non-hydrogen) atoms. The molecule has 0 spiro atoms. The minimum absolute atomic E-state index is 0.108. The van der Waals surface area contributed by atoms with Gasteiger partial charge < -0.3 is 9.42 Å². The van der Waals surface area contributed by atoms with E-state index in [1.807, 2.05) is 4.90 Å². The molecule has 1 amide bonds. The molecule has 1 aliphatic rings. The third kappa shape index (κ3) is 3.80. The fraction of sp³-hybridized carbons (Fsp3) is 0.588. The predicted octanol–water partition coefficient (Wildman–Crippen LogP) is 3.34. The van der Waals surface area contributed by atoms with Gasteiger partial charge in [0.05, 0.1) is 0 Å².